The zero-order valence-electron chi connectivity index (χ0n) is 8.57. The largest absolute Gasteiger partial charge is 0.312 e. The van der Waals surface area contributed by atoms with Crippen LogP contribution in [0.15, 0.2) is 0 Å². The van der Waals surface area contributed by atoms with Crippen molar-refractivity contribution in [2.24, 2.45) is 0 Å². The fourth-order valence-corrected chi connectivity index (χ4v) is 4.11. The summed E-state index contributed by atoms with van der Waals surface area (Å²) in [5, 5.41) is 3.43. The van der Waals surface area contributed by atoms with Gasteiger partial charge in [0.2, 0.25) is 10.0 Å². The Balaban J connectivity index is 2.27. The van der Waals surface area contributed by atoms with Crippen LogP contribution in [0.3, 0.4) is 0 Å². The fraction of sp³-hybridized carbons (Fsp3) is 1.00. The fourth-order valence-electron chi connectivity index (χ4n) is 2.33. The van der Waals surface area contributed by atoms with E-state index in [1.807, 2.05) is 6.92 Å². The van der Waals surface area contributed by atoms with Crippen LogP contribution in [0.5, 0.6) is 0 Å². The maximum Gasteiger partial charge on any atom is 0.214 e. The number of sulfonamides is 1. The Morgan fingerprint density at radius 2 is 2.14 bits per heavy atom. The Morgan fingerprint density at radius 3 is 2.93 bits per heavy atom. The number of nitrogens with zero attached hydrogens (tertiary/aromatic N) is 1. The predicted molar refractivity (Wildman–Crippen MR) is 55.6 cm³/mol. The first kappa shape index (κ1) is 10.4. The molecule has 0 spiro atoms. The number of rotatable bonds is 0. The van der Waals surface area contributed by atoms with Crippen molar-refractivity contribution in [3.8, 4) is 0 Å². The van der Waals surface area contributed by atoms with Gasteiger partial charge in [-0.05, 0) is 26.2 Å². The summed E-state index contributed by atoms with van der Waals surface area (Å²) in [4.78, 5) is 0. The SMILES string of the molecule is CC1CNC2CCCS(=O)(=O)N1CC2. The summed E-state index contributed by atoms with van der Waals surface area (Å²) >= 11 is 0. The molecule has 14 heavy (non-hydrogen) atoms. The molecule has 2 fully saturated rings. The van der Waals surface area contributed by atoms with Crippen LogP contribution in [0.25, 0.3) is 0 Å². The molecule has 0 amide bonds. The van der Waals surface area contributed by atoms with Crippen molar-refractivity contribution in [3.05, 3.63) is 0 Å². The second-order valence-corrected chi connectivity index (χ2v) is 6.35. The van der Waals surface area contributed by atoms with Gasteiger partial charge in [0.25, 0.3) is 0 Å². The topological polar surface area (TPSA) is 49.4 Å². The van der Waals surface area contributed by atoms with Gasteiger partial charge in [-0.15, -0.1) is 0 Å². The molecule has 0 aromatic heterocycles. The summed E-state index contributed by atoms with van der Waals surface area (Å²) in [7, 11) is -2.97. The van der Waals surface area contributed by atoms with E-state index in [9.17, 15) is 8.42 Å². The highest BCUT2D eigenvalue weighted by Crippen LogP contribution is 2.19. The summed E-state index contributed by atoms with van der Waals surface area (Å²) in [5.41, 5.74) is 0. The maximum absolute atomic E-state index is 11.9. The van der Waals surface area contributed by atoms with Gasteiger partial charge in [0.15, 0.2) is 0 Å². The van der Waals surface area contributed by atoms with Crippen molar-refractivity contribution in [1.29, 1.82) is 0 Å². The normalized spacial score (nSPS) is 42.5. The lowest BCUT2D eigenvalue weighted by atomic mass is 10.1. The van der Waals surface area contributed by atoms with Gasteiger partial charge >= 0.3 is 0 Å². The Hall–Kier alpha value is -0.130. The molecule has 3 unspecified atom stereocenters. The average Bonchev–Trinajstić information content (AvgIpc) is 2.24. The molecule has 0 aromatic carbocycles. The standard InChI is InChI=1S/C9H18N2O2S/c1-8-7-10-9-3-2-6-14(12,13)11(8)5-4-9/h8-10H,2-7H2,1H3. The van der Waals surface area contributed by atoms with E-state index in [0.29, 0.717) is 18.3 Å². The molecular weight excluding hydrogens is 200 g/mol. The Kier molecular flexibility index (Phi) is 2.81. The van der Waals surface area contributed by atoms with Crippen LogP contribution in [0.2, 0.25) is 0 Å². The molecule has 82 valence electrons. The second-order valence-electron chi connectivity index (χ2n) is 4.31. The molecule has 2 aliphatic heterocycles. The quantitative estimate of drug-likeness (QED) is 0.630. The summed E-state index contributed by atoms with van der Waals surface area (Å²) in [6.07, 6.45) is 2.76. The average molecular weight is 218 g/mol. The van der Waals surface area contributed by atoms with E-state index in [0.717, 1.165) is 25.8 Å². The molecule has 0 aromatic rings. The van der Waals surface area contributed by atoms with Gasteiger partial charge in [-0.2, -0.15) is 4.31 Å². The third-order valence-electron chi connectivity index (χ3n) is 3.20. The van der Waals surface area contributed by atoms with E-state index in [-0.39, 0.29) is 6.04 Å². The lowest BCUT2D eigenvalue weighted by molar-refractivity contribution is 0.349. The highest BCUT2D eigenvalue weighted by molar-refractivity contribution is 7.89. The zero-order valence-corrected chi connectivity index (χ0v) is 9.39. The summed E-state index contributed by atoms with van der Waals surface area (Å²) in [5.74, 6) is 0.329. The van der Waals surface area contributed by atoms with Crippen LogP contribution in [0.4, 0.5) is 0 Å². The number of hydrogen-bond donors (Lipinski definition) is 1. The molecule has 4 nitrogen and oxygen atoms in total. The lowest BCUT2D eigenvalue weighted by Crippen LogP contribution is -2.42. The summed E-state index contributed by atoms with van der Waals surface area (Å²) < 4.78 is 25.4. The number of nitrogens with one attached hydrogen (secondary N) is 1. The van der Waals surface area contributed by atoms with Gasteiger partial charge in [0.05, 0.1) is 5.75 Å². The van der Waals surface area contributed by atoms with E-state index in [4.69, 9.17) is 0 Å². The second kappa shape index (κ2) is 3.79. The van der Waals surface area contributed by atoms with Gasteiger partial charge in [-0.3, -0.25) is 0 Å². The molecule has 2 saturated heterocycles. The minimum Gasteiger partial charge on any atom is -0.312 e. The third-order valence-corrected chi connectivity index (χ3v) is 5.27. The van der Waals surface area contributed by atoms with Crippen LogP contribution >= 0.6 is 0 Å². The molecule has 0 radical (unpaired) electrons. The van der Waals surface area contributed by atoms with Crippen LogP contribution < -0.4 is 5.32 Å². The minimum atomic E-state index is -2.97. The molecule has 3 atom stereocenters. The van der Waals surface area contributed by atoms with Crippen LogP contribution in [-0.2, 0) is 10.0 Å². The van der Waals surface area contributed by atoms with Crippen molar-refractivity contribution < 1.29 is 8.42 Å². The first-order valence-electron chi connectivity index (χ1n) is 5.32. The van der Waals surface area contributed by atoms with E-state index in [1.165, 1.54) is 0 Å². The molecule has 2 aliphatic rings. The van der Waals surface area contributed by atoms with E-state index >= 15 is 0 Å². The summed E-state index contributed by atoms with van der Waals surface area (Å²) in [6, 6.07) is 0.640. The summed E-state index contributed by atoms with van der Waals surface area (Å²) in [6.45, 7) is 3.48. The van der Waals surface area contributed by atoms with E-state index in [2.05, 4.69) is 5.32 Å². The van der Waals surface area contributed by atoms with Crippen molar-refractivity contribution in [3.63, 3.8) is 0 Å². The van der Waals surface area contributed by atoms with Crippen molar-refractivity contribution in [2.45, 2.75) is 38.3 Å². The Morgan fingerprint density at radius 1 is 1.36 bits per heavy atom. The van der Waals surface area contributed by atoms with Crippen molar-refractivity contribution >= 4 is 10.0 Å². The van der Waals surface area contributed by atoms with Gasteiger partial charge in [0.1, 0.15) is 0 Å². The molecule has 2 bridgehead atoms. The maximum atomic E-state index is 11.9. The van der Waals surface area contributed by atoms with Crippen LogP contribution in [-0.4, -0.2) is 43.6 Å². The van der Waals surface area contributed by atoms with E-state index in [1.54, 1.807) is 4.31 Å². The molecule has 2 heterocycles. The van der Waals surface area contributed by atoms with Crippen LogP contribution in [0, 0.1) is 0 Å². The molecule has 2 rings (SSSR count). The van der Waals surface area contributed by atoms with Gasteiger partial charge < -0.3 is 5.32 Å². The van der Waals surface area contributed by atoms with E-state index < -0.39 is 10.0 Å². The van der Waals surface area contributed by atoms with Crippen molar-refractivity contribution in [1.82, 2.24) is 9.62 Å². The van der Waals surface area contributed by atoms with Crippen molar-refractivity contribution in [2.75, 3.05) is 18.8 Å². The minimum absolute atomic E-state index is 0.114. The van der Waals surface area contributed by atoms with Gasteiger partial charge in [-0.1, -0.05) is 0 Å². The first-order valence-corrected chi connectivity index (χ1v) is 6.93. The Bertz CT molecular complexity index is 302. The zero-order chi connectivity index (χ0) is 10.2. The first-order chi connectivity index (χ1) is 6.59. The third kappa shape index (κ3) is 1.94. The number of fused-ring (bicyclic) bond motifs is 3. The highest BCUT2D eigenvalue weighted by Gasteiger charge is 2.32. The molecule has 0 aliphatic carbocycles. The molecule has 0 saturated carbocycles. The highest BCUT2D eigenvalue weighted by atomic mass is 32.2. The monoisotopic (exact) mass is 218 g/mol. The number of hydrogen-bond acceptors (Lipinski definition) is 3. The van der Waals surface area contributed by atoms with Gasteiger partial charge in [0, 0.05) is 25.2 Å². The smallest absolute Gasteiger partial charge is 0.214 e. The predicted octanol–water partition coefficient (Wildman–Crippen LogP) is 0.162. The molecular formula is C9H18N2O2S. The lowest BCUT2D eigenvalue weighted by Gasteiger charge is -2.26. The molecule has 5 heteroatoms. The van der Waals surface area contributed by atoms with Gasteiger partial charge in [-0.25, -0.2) is 8.42 Å². The van der Waals surface area contributed by atoms with Crippen LogP contribution in [0.1, 0.15) is 26.2 Å². The Labute approximate surface area is 85.7 Å². The molecule has 1 N–H and O–H groups in total.